The number of sulfonamides is 1. The summed E-state index contributed by atoms with van der Waals surface area (Å²) in [7, 11) is -3.55. The Morgan fingerprint density at radius 2 is 2.21 bits per heavy atom. The lowest BCUT2D eigenvalue weighted by Gasteiger charge is -2.10. The first-order chi connectivity index (χ1) is 9.01. The van der Waals surface area contributed by atoms with Gasteiger partial charge in [-0.2, -0.15) is 0 Å². The molecule has 0 heterocycles. The van der Waals surface area contributed by atoms with Gasteiger partial charge >= 0.3 is 0 Å². The summed E-state index contributed by atoms with van der Waals surface area (Å²) in [6.07, 6.45) is 3.37. The highest BCUT2D eigenvalue weighted by atomic mass is 35.5. The van der Waals surface area contributed by atoms with E-state index in [9.17, 15) is 8.42 Å². The van der Waals surface area contributed by atoms with Crippen LogP contribution in [0.2, 0.25) is 5.02 Å². The van der Waals surface area contributed by atoms with E-state index < -0.39 is 10.0 Å². The molecule has 1 N–H and O–H groups in total. The van der Waals surface area contributed by atoms with E-state index in [0.717, 1.165) is 12.8 Å². The zero-order valence-corrected chi connectivity index (χ0v) is 12.4. The van der Waals surface area contributed by atoms with Gasteiger partial charge in [-0.3, -0.25) is 0 Å². The normalized spacial score (nSPS) is 11.3. The first-order valence-corrected chi connectivity index (χ1v) is 7.90. The van der Waals surface area contributed by atoms with Gasteiger partial charge in [-0.05, 0) is 18.6 Å². The van der Waals surface area contributed by atoms with E-state index in [0.29, 0.717) is 17.4 Å². The first-order valence-electron chi connectivity index (χ1n) is 6.04. The number of nitrogens with one attached hydrogen (secondary N) is 1. The van der Waals surface area contributed by atoms with Gasteiger partial charge in [-0.25, -0.2) is 13.1 Å². The summed E-state index contributed by atoms with van der Waals surface area (Å²) in [5.41, 5.74) is 0. The SMILES string of the molecule is C=CCNS(=O)(=O)c1ccc(Cl)c(OCCCC)c1. The van der Waals surface area contributed by atoms with E-state index >= 15 is 0 Å². The Hall–Kier alpha value is -1.04. The molecule has 0 amide bonds. The number of hydrogen-bond donors (Lipinski definition) is 1. The first kappa shape index (κ1) is 16.0. The average Bonchev–Trinajstić information content (AvgIpc) is 2.38. The third kappa shape index (κ3) is 4.86. The van der Waals surface area contributed by atoms with E-state index in [4.69, 9.17) is 16.3 Å². The van der Waals surface area contributed by atoms with E-state index in [2.05, 4.69) is 11.3 Å². The van der Waals surface area contributed by atoms with Crippen molar-refractivity contribution < 1.29 is 13.2 Å². The van der Waals surface area contributed by atoms with Gasteiger partial charge in [0, 0.05) is 12.6 Å². The van der Waals surface area contributed by atoms with Gasteiger partial charge in [-0.1, -0.05) is 31.0 Å². The van der Waals surface area contributed by atoms with Crippen molar-refractivity contribution in [3.63, 3.8) is 0 Å². The van der Waals surface area contributed by atoms with Crippen LogP contribution in [0.25, 0.3) is 0 Å². The van der Waals surface area contributed by atoms with E-state index in [1.807, 2.05) is 6.92 Å². The number of hydrogen-bond acceptors (Lipinski definition) is 3. The summed E-state index contributed by atoms with van der Waals surface area (Å²) >= 11 is 5.97. The Kier molecular flexibility index (Phi) is 6.34. The molecule has 0 bridgehead atoms. The van der Waals surface area contributed by atoms with E-state index in [-0.39, 0.29) is 11.4 Å². The average molecular weight is 304 g/mol. The van der Waals surface area contributed by atoms with E-state index in [1.54, 1.807) is 0 Å². The van der Waals surface area contributed by atoms with Crippen LogP contribution in [0.15, 0.2) is 35.7 Å². The predicted octanol–water partition coefficient (Wildman–Crippen LogP) is 2.98. The molecular formula is C13H18ClNO3S. The molecule has 0 saturated carbocycles. The van der Waals surface area contributed by atoms with Crippen LogP contribution in [0.4, 0.5) is 0 Å². The van der Waals surface area contributed by atoms with Crippen LogP contribution in [0.3, 0.4) is 0 Å². The second-order valence-electron chi connectivity index (χ2n) is 3.93. The summed E-state index contributed by atoms with van der Waals surface area (Å²) in [5, 5.41) is 0.402. The maximum Gasteiger partial charge on any atom is 0.240 e. The van der Waals surface area contributed by atoms with Crippen LogP contribution < -0.4 is 9.46 Å². The molecule has 0 unspecified atom stereocenters. The summed E-state index contributed by atoms with van der Waals surface area (Å²) in [5.74, 6) is 0.386. The van der Waals surface area contributed by atoms with Crippen molar-refractivity contribution in [1.29, 1.82) is 0 Å². The monoisotopic (exact) mass is 303 g/mol. The summed E-state index contributed by atoms with van der Waals surface area (Å²) in [6, 6.07) is 4.40. The standard InChI is InChI=1S/C13H18ClNO3S/c1-3-5-9-18-13-10-11(6-7-12(13)14)19(16,17)15-8-4-2/h4,6-7,10,15H,2-3,5,8-9H2,1H3. The zero-order chi connectivity index (χ0) is 14.3. The molecule has 6 heteroatoms. The minimum Gasteiger partial charge on any atom is -0.492 e. The Morgan fingerprint density at radius 3 is 2.84 bits per heavy atom. The van der Waals surface area contributed by atoms with Crippen molar-refractivity contribution in [3.8, 4) is 5.75 Å². The van der Waals surface area contributed by atoms with Crippen molar-refractivity contribution >= 4 is 21.6 Å². The van der Waals surface area contributed by atoms with Crippen molar-refractivity contribution in [1.82, 2.24) is 4.72 Å². The molecule has 0 aliphatic rings. The molecule has 0 radical (unpaired) electrons. The third-order valence-electron chi connectivity index (χ3n) is 2.39. The molecule has 1 aromatic carbocycles. The molecule has 19 heavy (non-hydrogen) atoms. The summed E-state index contributed by atoms with van der Waals surface area (Å²) in [6.45, 7) is 6.20. The van der Waals surface area contributed by atoms with Crippen molar-refractivity contribution in [2.24, 2.45) is 0 Å². The second-order valence-corrected chi connectivity index (χ2v) is 6.11. The molecular weight excluding hydrogens is 286 g/mol. The van der Waals surface area contributed by atoms with Gasteiger partial charge in [0.25, 0.3) is 0 Å². The van der Waals surface area contributed by atoms with Gasteiger partial charge < -0.3 is 4.74 Å². The molecule has 0 fully saturated rings. The molecule has 0 aliphatic carbocycles. The third-order valence-corrected chi connectivity index (χ3v) is 4.12. The van der Waals surface area contributed by atoms with E-state index in [1.165, 1.54) is 24.3 Å². The number of rotatable bonds is 8. The highest BCUT2D eigenvalue weighted by Crippen LogP contribution is 2.27. The molecule has 0 aromatic heterocycles. The quantitative estimate of drug-likeness (QED) is 0.593. The van der Waals surface area contributed by atoms with Crippen molar-refractivity contribution in [2.75, 3.05) is 13.2 Å². The minimum atomic E-state index is -3.55. The Bertz CT molecular complexity index is 529. The number of unbranched alkanes of at least 4 members (excludes halogenated alkanes) is 1. The zero-order valence-electron chi connectivity index (χ0n) is 10.9. The molecule has 1 rings (SSSR count). The van der Waals surface area contributed by atoms with Gasteiger partial charge in [0.15, 0.2) is 0 Å². The Morgan fingerprint density at radius 1 is 1.47 bits per heavy atom. The van der Waals surface area contributed by atoms with Gasteiger partial charge in [0.05, 0.1) is 16.5 Å². The summed E-state index contributed by atoms with van der Waals surface area (Å²) < 4.78 is 31.7. The topological polar surface area (TPSA) is 55.4 Å². The molecule has 106 valence electrons. The highest BCUT2D eigenvalue weighted by molar-refractivity contribution is 7.89. The number of benzene rings is 1. The minimum absolute atomic E-state index is 0.130. The van der Waals surface area contributed by atoms with Crippen LogP contribution >= 0.6 is 11.6 Å². The maximum atomic E-state index is 11.9. The fraction of sp³-hybridized carbons (Fsp3) is 0.385. The van der Waals surface area contributed by atoms with Gasteiger partial charge in [0.2, 0.25) is 10.0 Å². The highest BCUT2D eigenvalue weighted by Gasteiger charge is 2.15. The lowest BCUT2D eigenvalue weighted by Crippen LogP contribution is -2.23. The Balaban J connectivity index is 2.91. The fourth-order valence-electron chi connectivity index (χ4n) is 1.34. The maximum absolute atomic E-state index is 11.9. The number of halogens is 1. The molecule has 4 nitrogen and oxygen atoms in total. The molecule has 0 saturated heterocycles. The second kappa shape index (κ2) is 7.53. The fourth-order valence-corrected chi connectivity index (χ4v) is 2.53. The van der Waals surface area contributed by atoms with Gasteiger partial charge in [0.1, 0.15) is 5.75 Å². The molecule has 0 spiro atoms. The van der Waals surface area contributed by atoms with Crippen LogP contribution in [0.5, 0.6) is 5.75 Å². The lowest BCUT2D eigenvalue weighted by atomic mass is 10.3. The van der Waals surface area contributed by atoms with Crippen LogP contribution in [-0.2, 0) is 10.0 Å². The Labute approximate surface area is 119 Å². The molecule has 0 atom stereocenters. The molecule has 1 aromatic rings. The van der Waals surface area contributed by atoms with Crippen LogP contribution in [0, 0.1) is 0 Å². The largest absolute Gasteiger partial charge is 0.492 e. The lowest BCUT2D eigenvalue weighted by molar-refractivity contribution is 0.309. The predicted molar refractivity (Wildman–Crippen MR) is 77.2 cm³/mol. The van der Waals surface area contributed by atoms with Crippen molar-refractivity contribution in [3.05, 3.63) is 35.9 Å². The molecule has 0 aliphatic heterocycles. The number of ether oxygens (including phenoxy) is 1. The van der Waals surface area contributed by atoms with Crippen molar-refractivity contribution in [2.45, 2.75) is 24.7 Å². The van der Waals surface area contributed by atoms with Gasteiger partial charge in [-0.15, -0.1) is 6.58 Å². The van der Waals surface area contributed by atoms with Crippen LogP contribution in [0.1, 0.15) is 19.8 Å². The summed E-state index contributed by atoms with van der Waals surface area (Å²) in [4.78, 5) is 0.130. The van der Waals surface area contributed by atoms with Crippen LogP contribution in [-0.4, -0.2) is 21.6 Å². The smallest absolute Gasteiger partial charge is 0.240 e.